The molecule has 0 bridgehead atoms. The van der Waals surface area contributed by atoms with Crippen LogP contribution in [0.4, 0.5) is 0 Å². The number of aliphatic hydroxyl groups is 1. The zero-order valence-electron chi connectivity index (χ0n) is 11.6. The van der Waals surface area contributed by atoms with Crippen molar-refractivity contribution in [3.8, 4) is 0 Å². The molecule has 0 unspecified atom stereocenters. The quantitative estimate of drug-likeness (QED) is 0.892. The summed E-state index contributed by atoms with van der Waals surface area (Å²) in [6, 6.07) is 3.97. The molecule has 0 aromatic heterocycles. The number of benzene rings is 1. The molecule has 2 rings (SSSR count). The molecule has 0 saturated carbocycles. The molecule has 2 N–H and O–H groups in total. The van der Waals surface area contributed by atoms with Crippen molar-refractivity contribution in [2.24, 2.45) is 0 Å². The van der Waals surface area contributed by atoms with Gasteiger partial charge in [-0.25, -0.2) is 0 Å². The molecule has 4 heteroatoms. The molecule has 3 nitrogen and oxygen atoms in total. The summed E-state index contributed by atoms with van der Waals surface area (Å²) in [4.78, 5) is 0. The van der Waals surface area contributed by atoms with E-state index in [4.69, 9.17) is 16.3 Å². The van der Waals surface area contributed by atoms with Crippen LogP contribution in [0.2, 0.25) is 5.02 Å². The van der Waals surface area contributed by atoms with Crippen molar-refractivity contribution < 1.29 is 9.84 Å². The highest BCUT2D eigenvalue weighted by molar-refractivity contribution is 6.30. The Labute approximate surface area is 119 Å². The lowest BCUT2D eigenvalue weighted by Gasteiger charge is -2.37. The van der Waals surface area contributed by atoms with E-state index in [1.54, 1.807) is 0 Å². The molecule has 0 atom stereocenters. The SMILES string of the molecule is Cc1cc(Cl)cc(C)c1CNC1(CO)CCOCC1. The Balaban J connectivity index is 2.09. The van der Waals surface area contributed by atoms with Crippen LogP contribution in [-0.4, -0.2) is 30.5 Å². The standard InChI is InChI=1S/C15H22ClNO2/c1-11-7-13(16)8-12(2)14(11)9-17-15(10-18)3-5-19-6-4-15/h7-8,17-18H,3-6,9-10H2,1-2H3. The Morgan fingerprint density at radius 3 is 2.37 bits per heavy atom. The second-order valence-corrected chi connectivity index (χ2v) is 5.86. The van der Waals surface area contributed by atoms with E-state index >= 15 is 0 Å². The summed E-state index contributed by atoms with van der Waals surface area (Å²) < 4.78 is 5.37. The molecule has 1 aromatic rings. The summed E-state index contributed by atoms with van der Waals surface area (Å²) in [5.41, 5.74) is 3.45. The van der Waals surface area contributed by atoms with Crippen LogP contribution >= 0.6 is 11.6 Å². The third-order valence-electron chi connectivity index (χ3n) is 4.05. The van der Waals surface area contributed by atoms with Gasteiger partial charge in [0.05, 0.1) is 6.61 Å². The minimum Gasteiger partial charge on any atom is -0.394 e. The fourth-order valence-corrected chi connectivity index (χ4v) is 2.98. The second kappa shape index (κ2) is 6.23. The number of nitrogens with one attached hydrogen (secondary N) is 1. The predicted molar refractivity (Wildman–Crippen MR) is 77.6 cm³/mol. The minimum atomic E-state index is -0.198. The van der Waals surface area contributed by atoms with E-state index in [-0.39, 0.29) is 12.1 Å². The summed E-state index contributed by atoms with van der Waals surface area (Å²) in [5, 5.41) is 14.0. The van der Waals surface area contributed by atoms with Crippen molar-refractivity contribution in [1.82, 2.24) is 5.32 Å². The lowest BCUT2D eigenvalue weighted by atomic mass is 9.90. The Kier molecular flexibility index (Phi) is 4.85. The lowest BCUT2D eigenvalue weighted by molar-refractivity contribution is 0.0111. The van der Waals surface area contributed by atoms with Crippen molar-refractivity contribution in [3.05, 3.63) is 33.8 Å². The van der Waals surface area contributed by atoms with Crippen molar-refractivity contribution in [2.45, 2.75) is 38.8 Å². The Morgan fingerprint density at radius 1 is 1.26 bits per heavy atom. The third kappa shape index (κ3) is 3.48. The van der Waals surface area contributed by atoms with E-state index in [0.717, 1.165) is 24.4 Å². The van der Waals surface area contributed by atoms with E-state index < -0.39 is 0 Å². The van der Waals surface area contributed by atoms with E-state index in [9.17, 15) is 5.11 Å². The highest BCUT2D eigenvalue weighted by Crippen LogP contribution is 2.24. The number of aliphatic hydroxyl groups excluding tert-OH is 1. The molecule has 1 heterocycles. The first-order chi connectivity index (χ1) is 9.06. The maximum absolute atomic E-state index is 9.66. The van der Waals surface area contributed by atoms with E-state index in [1.165, 1.54) is 16.7 Å². The largest absolute Gasteiger partial charge is 0.394 e. The number of aryl methyl sites for hydroxylation is 2. The number of ether oxygens (including phenoxy) is 1. The molecule has 1 aliphatic heterocycles. The molecular weight excluding hydrogens is 262 g/mol. The van der Waals surface area contributed by atoms with Crippen LogP contribution in [0, 0.1) is 13.8 Å². The first kappa shape index (κ1) is 14.8. The minimum absolute atomic E-state index is 0.155. The van der Waals surface area contributed by atoms with Crippen molar-refractivity contribution in [3.63, 3.8) is 0 Å². The van der Waals surface area contributed by atoms with Crippen LogP contribution < -0.4 is 5.32 Å². The molecule has 1 aliphatic rings. The fourth-order valence-electron chi connectivity index (χ4n) is 2.65. The highest BCUT2D eigenvalue weighted by Gasteiger charge is 2.31. The van der Waals surface area contributed by atoms with Crippen molar-refractivity contribution >= 4 is 11.6 Å². The predicted octanol–water partition coefficient (Wildman–Crippen LogP) is 2.59. The first-order valence-corrected chi connectivity index (χ1v) is 7.13. The number of hydrogen-bond acceptors (Lipinski definition) is 3. The van der Waals surface area contributed by atoms with Crippen LogP contribution in [0.5, 0.6) is 0 Å². The Hall–Kier alpha value is -0.610. The van der Waals surface area contributed by atoms with Gasteiger partial charge in [-0.15, -0.1) is 0 Å². The summed E-state index contributed by atoms with van der Waals surface area (Å²) in [6.45, 7) is 6.49. The maximum atomic E-state index is 9.66. The van der Waals surface area contributed by atoms with Crippen LogP contribution in [0.1, 0.15) is 29.5 Å². The summed E-state index contributed by atoms with van der Waals surface area (Å²) in [7, 11) is 0. The van der Waals surface area contributed by atoms with Gasteiger partial charge in [0.25, 0.3) is 0 Å². The van der Waals surface area contributed by atoms with Crippen LogP contribution in [0.25, 0.3) is 0 Å². The molecule has 106 valence electrons. The molecule has 0 radical (unpaired) electrons. The molecule has 1 aromatic carbocycles. The van der Waals surface area contributed by atoms with E-state index in [1.807, 2.05) is 12.1 Å². The molecule has 1 saturated heterocycles. The molecule has 0 amide bonds. The molecule has 0 spiro atoms. The average molecular weight is 284 g/mol. The van der Waals surface area contributed by atoms with Crippen LogP contribution in [0.15, 0.2) is 12.1 Å². The summed E-state index contributed by atoms with van der Waals surface area (Å²) >= 11 is 6.05. The maximum Gasteiger partial charge on any atom is 0.0615 e. The van der Waals surface area contributed by atoms with Crippen molar-refractivity contribution in [1.29, 1.82) is 0 Å². The smallest absolute Gasteiger partial charge is 0.0615 e. The monoisotopic (exact) mass is 283 g/mol. The van der Waals surface area contributed by atoms with E-state index in [0.29, 0.717) is 13.2 Å². The van der Waals surface area contributed by atoms with Gasteiger partial charge in [-0.1, -0.05) is 11.6 Å². The van der Waals surface area contributed by atoms with Gasteiger partial charge in [0, 0.05) is 30.3 Å². The fraction of sp³-hybridized carbons (Fsp3) is 0.600. The normalized spacial score (nSPS) is 18.5. The number of hydrogen-bond donors (Lipinski definition) is 2. The van der Waals surface area contributed by atoms with Gasteiger partial charge in [-0.2, -0.15) is 0 Å². The zero-order valence-corrected chi connectivity index (χ0v) is 12.4. The van der Waals surface area contributed by atoms with Crippen LogP contribution in [-0.2, 0) is 11.3 Å². The number of halogens is 1. The van der Waals surface area contributed by atoms with Gasteiger partial charge >= 0.3 is 0 Å². The lowest BCUT2D eigenvalue weighted by Crippen LogP contribution is -2.52. The Bertz CT molecular complexity index is 419. The van der Waals surface area contributed by atoms with E-state index in [2.05, 4.69) is 19.2 Å². The molecule has 0 aliphatic carbocycles. The second-order valence-electron chi connectivity index (χ2n) is 5.42. The molecule has 19 heavy (non-hydrogen) atoms. The third-order valence-corrected chi connectivity index (χ3v) is 4.27. The topological polar surface area (TPSA) is 41.5 Å². The van der Waals surface area contributed by atoms with Gasteiger partial charge in [0.2, 0.25) is 0 Å². The average Bonchev–Trinajstić information content (AvgIpc) is 2.38. The highest BCUT2D eigenvalue weighted by atomic mass is 35.5. The van der Waals surface area contributed by atoms with Gasteiger partial charge in [-0.05, 0) is 55.5 Å². The summed E-state index contributed by atoms with van der Waals surface area (Å²) in [6.07, 6.45) is 1.71. The zero-order chi connectivity index (χ0) is 13.9. The van der Waals surface area contributed by atoms with Gasteiger partial charge < -0.3 is 15.2 Å². The molecular formula is C15H22ClNO2. The van der Waals surface area contributed by atoms with Gasteiger partial charge in [0.15, 0.2) is 0 Å². The van der Waals surface area contributed by atoms with Gasteiger partial charge in [-0.3, -0.25) is 0 Å². The van der Waals surface area contributed by atoms with Gasteiger partial charge in [0.1, 0.15) is 0 Å². The Morgan fingerprint density at radius 2 is 1.84 bits per heavy atom. The van der Waals surface area contributed by atoms with Crippen molar-refractivity contribution in [2.75, 3.05) is 19.8 Å². The molecule has 1 fully saturated rings. The van der Waals surface area contributed by atoms with Crippen LogP contribution in [0.3, 0.4) is 0 Å². The first-order valence-electron chi connectivity index (χ1n) is 6.76. The number of rotatable bonds is 4. The summed E-state index contributed by atoms with van der Waals surface area (Å²) in [5.74, 6) is 0.